The van der Waals surface area contributed by atoms with Gasteiger partial charge in [0.1, 0.15) is 12.2 Å². The van der Waals surface area contributed by atoms with Gasteiger partial charge in [0.25, 0.3) is 11.8 Å². The number of hydrogen-bond donors (Lipinski definition) is 2. The van der Waals surface area contributed by atoms with E-state index in [9.17, 15) is 9.59 Å². The van der Waals surface area contributed by atoms with Gasteiger partial charge in [0.15, 0.2) is 11.5 Å². The van der Waals surface area contributed by atoms with Crippen LogP contribution in [0.5, 0.6) is 5.88 Å². The standard InChI is InChI=1S/C20H14Cl2N8O3/c1-33-15-10-14(30(28-15)18-12(21)3-2-6-24-18)19(31)27-16-13(22)9-11-4-7-26-29(11)17(16)20(32)25-8-5-23/h2-4,6-7,9-10H,8H2,1H3,(H,25,32)(H,27,31). The van der Waals surface area contributed by atoms with Crippen molar-refractivity contribution in [2.45, 2.75) is 0 Å². The molecule has 4 heterocycles. The average Bonchev–Trinajstić information content (AvgIpc) is 3.45. The molecular weight excluding hydrogens is 471 g/mol. The molecule has 4 rings (SSSR count). The lowest BCUT2D eigenvalue weighted by atomic mass is 10.2. The molecule has 2 N–H and O–H groups in total. The number of anilines is 1. The minimum Gasteiger partial charge on any atom is -0.480 e. The summed E-state index contributed by atoms with van der Waals surface area (Å²) in [4.78, 5) is 30.3. The normalized spacial score (nSPS) is 10.6. The highest BCUT2D eigenvalue weighted by Crippen LogP contribution is 2.30. The molecule has 4 aromatic heterocycles. The van der Waals surface area contributed by atoms with Crippen LogP contribution in [-0.2, 0) is 0 Å². The first kappa shape index (κ1) is 22.1. The fraction of sp³-hybridized carbons (Fsp3) is 0.100. The Morgan fingerprint density at radius 2 is 2.00 bits per heavy atom. The van der Waals surface area contributed by atoms with Crippen molar-refractivity contribution in [1.29, 1.82) is 5.26 Å². The lowest BCUT2D eigenvalue weighted by Gasteiger charge is -2.14. The van der Waals surface area contributed by atoms with Gasteiger partial charge in [-0.15, -0.1) is 5.10 Å². The maximum Gasteiger partial charge on any atom is 0.274 e. The molecule has 11 nitrogen and oxygen atoms in total. The van der Waals surface area contributed by atoms with Crippen molar-refractivity contribution in [3.05, 3.63) is 64.2 Å². The van der Waals surface area contributed by atoms with E-state index in [-0.39, 0.29) is 45.4 Å². The van der Waals surface area contributed by atoms with Crippen LogP contribution >= 0.6 is 23.2 Å². The number of fused-ring (bicyclic) bond motifs is 1. The van der Waals surface area contributed by atoms with Crippen LogP contribution in [0.2, 0.25) is 10.0 Å². The molecule has 0 saturated carbocycles. The summed E-state index contributed by atoms with van der Waals surface area (Å²) in [7, 11) is 1.40. The smallest absolute Gasteiger partial charge is 0.274 e. The lowest BCUT2D eigenvalue weighted by molar-refractivity contribution is 0.0952. The molecular formula is C20H14Cl2N8O3. The first-order valence-electron chi connectivity index (χ1n) is 9.32. The number of pyridine rings is 2. The maximum absolute atomic E-state index is 13.3. The van der Waals surface area contributed by atoms with Crippen LogP contribution < -0.4 is 15.4 Å². The Kier molecular flexibility index (Phi) is 6.12. The highest BCUT2D eigenvalue weighted by Gasteiger charge is 2.25. The third-order valence-corrected chi connectivity index (χ3v) is 5.08. The minimum absolute atomic E-state index is 0.00728. The Bertz CT molecular complexity index is 1420. The number of aromatic nitrogens is 5. The van der Waals surface area contributed by atoms with Crippen LogP contribution in [0, 0.1) is 11.3 Å². The Labute approximate surface area is 196 Å². The predicted molar refractivity (Wildman–Crippen MR) is 119 cm³/mol. The first-order chi connectivity index (χ1) is 15.9. The van der Waals surface area contributed by atoms with E-state index in [0.717, 1.165) is 0 Å². The van der Waals surface area contributed by atoms with Gasteiger partial charge in [-0.05, 0) is 24.3 Å². The predicted octanol–water partition coefficient (Wildman–Crippen LogP) is 2.74. The molecule has 0 aliphatic carbocycles. The van der Waals surface area contributed by atoms with Gasteiger partial charge >= 0.3 is 0 Å². The van der Waals surface area contributed by atoms with Crippen LogP contribution in [0.1, 0.15) is 21.0 Å². The molecule has 0 unspecified atom stereocenters. The molecule has 0 atom stereocenters. The second kappa shape index (κ2) is 9.15. The number of methoxy groups -OCH3 is 1. The van der Waals surface area contributed by atoms with Crippen molar-refractivity contribution in [3.63, 3.8) is 0 Å². The summed E-state index contributed by atoms with van der Waals surface area (Å²) in [5.41, 5.74) is 0.478. The molecule has 0 aromatic carbocycles. The van der Waals surface area contributed by atoms with E-state index in [1.807, 2.05) is 6.07 Å². The fourth-order valence-corrected chi connectivity index (χ4v) is 3.51. The summed E-state index contributed by atoms with van der Waals surface area (Å²) in [5, 5.41) is 22.6. The molecule has 0 radical (unpaired) electrons. The number of nitrogens with zero attached hydrogens (tertiary/aromatic N) is 6. The number of rotatable bonds is 6. The molecule has 2 amide bonds. The highest BCUT2D eigenvalue weighted by atomic mass is 35.5. The number of amides is 2. The van der Waals surface area contributed by atoms with Crippen LogP contribution in [0.3, 0.4) is 0 Å². The summed E-state index contributed by atoms with van der Waals surface area (Å²) in [6, 6.07) is 9.62. The zero-order valence-electron chi connectivity index (χ0n) is 16.9. The number of carbonyl (C=O) groups is 2. The molecule has 0 aliphatic rings. The molecule has 166 valence electrons. The molecule has 0 fully saturated rings. The highest BCUT2D eigenvalue weighted by molar-refractivity contribution is 6.35. The van der Waals surface area contributed by atoms with Crippen LogP contribution in [0.4, 0.5) is 5.69 Å². The van der Waals surface area contributed by atoms with Gasteiger partial charge in [-0.1, -0.05) is 23.2 Å². The Morgan fingerprint density at radius 1 is 1.18 bits per heavy atom. The summed E-state index contributed by atoms with van der Waals surface area (Å²) in [5.74, 6) is -0.979. The van der Waals surface area contributed by atoms with Crippen molar-refractivity contribution in [1.82, 2.24) is 29.7 Å². The first-order valence-corrected chi connectivity index (χ1v) is 10.1. The minimum atomic E-state index is -0.671. The largest absolute Gasteiger partial charge is 0.480 e. The summed E-state index contributed by atoms with van der Waals surface area (Å²) in [6.07, 6.45) is 2.97. The quantitative estimate of drug-likeness (QED) is 0.401. The monoisotopic (exact) mass is 484 g/mol. The summed E-state index contributed by atoms with van der Waals surface area (Å²) >= 11 is 12.6. The van der Waals surface area contributed by atoms with E-state index in [1.54, 1.807) is 24.3 Å². The number of halogens is 2. The van der Waals surface area contributed by atoms with Crippen LogP contribution in [0.15, 0.2) is 42.7 Å². The zero-order valence-corrected chi connectivity index (χ0v) is 18.4. The second-order valence-corrected chi connectivity index (χ2v) is 7.29. The third-order valence-electron chi connectivity index (χ3n) is 4.48. The van der Waals surface area contributed by atoms with E-state index in [4.69, 9.17) is 33.2 Å². The Hall–Kier alpha value is -4.14. The SMILES string of the molecule is COc1cc(C(=O)Nc2c(Cl)cc3ccnn3c2C(=O)NCC#N)n(-c2ncccc2Cl)n1. The summed E-state index contributed by atoms with van der Waals surface area (Å²) in [6.45, 7) is -0.246. The van der Waals surface area contributed by atoms with Gasteiger partial charge in [0.2, 0.25) is 5.88 Å². The van der Waals surface area contributed by atoms with Crippen molar-refractivity contribution < 1.29 is 14.3 Å². The van der Waals surface area contributed by atoms with Gasteiger partial charge in [-0.25, -0.2) is 14.2 Å². The average molecular weight is 485 g/mol. The molecule has 33 heavy (non-hydrogen) atoms. The maximum atomic E-state index is 13.3. The van der Waals surface area contributed by atoms with Crippen molar-refractivity contribution in [2.75, 3.05) is 19.0 Å². The zero-order chi connectivity index (χ0) is 23.5. The lowest BCUT2D eigenvalue weighted by Crippen LogP contribution is -2.28. The van der Waals surface area contributed by atoms with Gasteiger partial charge in [-0.2, -0.15) is 10.4 Å². The molecule has 0 aliphatic heterocycles. The molecule has 0 saturated heterocycles. The molecule has 0 spiro atoms. The van der Waals surface area contributed by atoms with Crippen molar-refractivity contribution in [3.8, 4) is 17.8 Å². The van der Waals surface area contributed by atoms with Gasteiger partial charge in [0, 0.05) is 12.3 Å². The van der Waals surface area contributed by atoms with E-state index in [1.165, 1.54) is 34.8 Å². The fourth-order valence-electron chi connectivity index (χ4n) is 3.06. The van der Waals surface area contributed by atoms with Gasteiger partial charge in [-0.3, -0.25) is 9.59 Å². The number of hydrogen-bond acceptors (Lipinski definition) is 7. The van der Waals surface area contributed by atoms with Crippen LogP contribution in [-0.4, -0.2) is 49.8 Å². The van der Waals surface area contributed by atoms with Crippen molar-refractivity contribution >= 4 is 46.2 Å². The number of carbonyl (C=O) groups excluding carboxylic acids is 2. The molecule has 13 heteroatoms. The molecule has 0 bridgehead atoms. The van der Waals surface area contributed by atoms with E-state index >= 15 is 0 Å². The van der Waals surface area contributed by atoms with E-state index < -0.39 is 11.8 Å². The van der Waals surface area contributed by atoms with E-state index in [0.29, 0.717) is 5.52 Å². The third kappa shape index (κ3) is 4.17. The second-order valence-electron chi connectivity index (χ2n) is 6.47. The molecule has 4 aromatic rings. The van der Waals surface area contributed by atoms with Gasteiger partial charge in [0.05, 0.1) is 40.6 Å². The van der Waals surface area contributed by atoms with Crippen molar-refractivity contribution in [2.24, 2.45) is 0 Å². The number of ether oxygens (including phenoxy) is 1. The van der Waals surface area contributed by atoms with Crippen LogP contribution in [0.25, 0.3) is 11.3 Å². The number of nitriles is 1. The van der Waals surface area contributed by atoms with Gasteiger partial charge < -0.3 is 15.4 Å². The summed E-state index contributed by atoms with van der Waals surface area (Å²) < 4.78 is 7.68. The van der Waals surface area contributed by atoms with E-state index in [2.05, 4.69) is 25.8 Å². The number of nitrogens with one attached hydrogen (secondary N) is 2. The Balaban J connectivity index is 1.80. The topological polar surface area (TPSA) is 139 Å². The Morgan fingerprint density at radius 3 is 2.73 bits per heavy atom.